The first-order chi connectivity index (χ1) is 6.49. The molecule has 0 aliphatic rings. The van der Waals surface area contributed by atoms with E-state index in [1.165, 1.54) is 0 Å². The van der Waals surface area contributed by atoms with Crippen molar-refractivity contribution in [1.29, 1.82) is 0 Å². The Labute approximate surface area is 96.2 Å². The van der Waals surface area contributed by atoms with Crippen LogP contribution in [0.3, 0.4) is 0 Å². The van der Waals surface area contributed by atoms with Gasteiger partial charge in [0.05, 0.1) is 12.2 Å². The molecule has 0 aliphatic heterocycles. The lowest BCUT2D eigenvalue weighted by atomic mass is 10.0. The topological polar surface area (TPSA) is 29.5 Å². The van der Waals surface area contributed by atoms with Crippen LogP contribution in [0.5, 0.6) is 0 Å². The van der Waals surface area contributed by atoms with E-state index in [4.69, 9.17) is 4.43 Å². The van der Waals surface area contributed by atoms with E-state index in [9.17, 15) is 5.11 Å². The normalized spacial score (nSPS) is 18.0. The van der Waals surface area contributed by atoms with Crippen molar-refractivity contribution in [3.05, 3.63) is 0 Å². The summed E-state index contributed by atoms with van der Waals surface area (Å²) in [5.41, 5.74) is 0. The molecule has 0 rings (SSSR count). The Morgan fingerprint density at radius 3 is 1.73 bits per heavy atom. The molecule has 0 aromatic heterocycles. The summed E-state index contributed by atoms with van der Waals surface area (Å²) in [5, 5.41) is 10.1. The molecule has 0 amide bonds. The summed E-state index contributed by atoms with van der Waals surface area (Å²) >= 11 is 0. The molecular formula is C12H28O2Si. The second-order valence-electron chi connectivity index (χ2n) is 6.32. The summed E-state index contributed by atoms with van der Waals surface area (Å²) in [5.74, 6) is 0.254. The Hall–Kier alpha value is 0.137. The van der Waals surface area contributed by atoms with Crippen molar-refractivity contribution >= 4 is 8.32 Å². The molecule has 1 N–H and O–H groups in total. The fraction of sp³-hybridized carbons (Fsp3) is 1.00. The SMILES string of the molecule is CC(C)[C@H](O)[C@@H](C)O[Si](C)(C)C(C)(C)C. The van der Waals surface area contributed by atoms with Crippen LogP contribution in [-0.2, 0) is 4.43 Å². The van der Waals surface area contributed by atoms with Gasteiger partial charge in [0.15, 0.2) is 8.32 Å². The summed E-state index contributed by atoms with van der Waals surface area (Å²) in [6.07, 6.45) is -0.426. The largest absolute Gasteiger partial charge is 0.412 e. The summed E-state index contributed by atoms with van der Waals surface area (Å²) in [6, 6.07) is 0. The highest BCUT2D eigenvalue weighted by atomic mass is 28.4. The molecular weight excluding hydrogens is 204 g/mol. The quantitative estimate of drug-likeness (QED) is 0.753. The first-order valence-electron chi connectivity index (χ1n) is 5.85. The molecule has 0 saturated carbocycles. The van der Waals surface area contributed by atoms with Crippen molar-refractivity contribution in [2.45, 2.75) is 71.9 Å². The molecule has 0 radical (unpaired) electrons. The van der Waals surface area contributed by atoms with Gasteiger partial charge in [0, 0.05) is 0 Å². The monoisotopic (exact) mass is 232 g/mol. The molecule has 0 spiro atoms. The van der Waals surface area contributed by atoms with Crippen molar-refractivity contribution in [2.75, 3.05) is 0 Å². The molecule has 0 saturated heterocycles. The Morgan fingerprint density at radius 2 is 1.47 bits per heavy atom. The summed E-state index contributed by atoms with van der Waals surface area (Å²) in [4.78, 5) is 0. The fourth-order valence-corrected chi connectivity index (χ4v) is 2.68. The number of hydrogen-bond acceptors (Lipinski definition) is 2. The molecule has 0 bridgehead atoms. The Balaban J connectivity index is 4.47. The zero-order valence-electron chi connectivity index (χ0n) is 11.6. The summed E-state index contributed by atoms with van der Waals surface area (Å²) < 4.78 is 6.11. The molecule has 3 heteroatoms. The lowest BCUT2D eigenvalue weighted by molar-refractivity contribution is 0.00960. The highest BCUT2D eigenvalue weighted by molar-refractivity contribution is 6.74. The first-order valence-corrected chi connectivity index (χ1v) is 8.75. The van der Waals surface area contributed by atoms with Crippen molar-refractivity contribution in [2.24, 2.45) is 5.92 Å². The number of aliphatic hydroxyl groups excluding tert-OH is 1. The third-order valence-electron chi connectivity index (χ3n) is 3.45. The highest BCUT2D eigenvalue weighted by Crippen LogP contribution is 2.37. The second kappa shape index (κ2) is 4.98. The minimum Gasteiger partial charge on any atom is -0.412 e. The molecule has 0 fully saturated rings. The zero-order valence-corrected chi connectivity index (χ0v) is 12.6. The van der Waals surface area contributed by atoms with Gasteiger partial charge in [-0.05, 0) is 31.0 Å². The van der Waals surface area contributed by atoms with Crippen molar-refractivity contribution in [3.8, 4) is 0 Å². The van der Waals surface area contributed by atoms with Gasteiger partial charge in [0.25, 0.3) is 0 Å². The van der Waals surface area contributed by atoms with Crippen LogP contribution in [0.4, 0.5) is 0 Å². The van der Waals surface area contributed by atoms with Gasteiger partial charge >= 0.3 is 0 Å². The van der Waals surface area contributed by atoms with Crippen LogP contribution in [0.15, 0.2) is 0 Å². The van der Waals surface area contributed by atoms with Crippen LogP contribution in [0.1, 0.15) is 41.5 Å². The number of aliphatic hydroxyl groups is 1. The average molecular weight is 232 g/mol. The second-order valence-corrected chi connectivity index (χ2v) is 11.1. The molecule has 15 heavy (non-hydrogen) atoms. The lowest BCUT2D eigenvalue weighted by Gasteiger charge is -2.40. The van der Waals surface area contributed by atoms with Crippen molar-refractivity contribution in [3.63, 3.8) is 0 Å². The predicted octanol–water partition coefficient (Wildman–Crippen LogP) is 3.41. The van der Waals surface area contributed by atoms with Gasteiger partial charge in [0.2, 0.25) is 0 Å². The van der Waals surface area contributed by atoms with E-state index in [0.29, 0.717) is 0 Å². The predicted molar refractivity (Wildman–Crippen MR) is 68.6 cm³/mol. The van der Waals surface area contributed by atoms with E-state index in [-0.39, 0.29) is 23.2 Å². The van der Waals surface area contributed by atoms with E-state index in [1.54, 1.807) is 0 Å². The van der Waals surface area contributed by atoms with E-state index < -0.39 is 8.32 Å². The van der Waals surface area contributed by atoms with Gasteiger partial charge in [-0.25, -0.2) is 0 Å². The zero-order chi connectivity index (χ0) is 12.4. The minimum absolute atomic E-state index is 0.0640. The van der Waals surface area contributed by atoms with Crippen LogP contribution in [-0.4, -0.2) is 25.6 Å². The number of rotatable bonds is 4. The Bertz CT molecular complexity index is 194. The van der Waals surface area contributed by atoms with Crippen molar-refractivity contribution < 1.29 is 9.53 Å². The molecule has 2 atom stereocenters. The van der Waals surface area contributed by atoms with Crippen LogP contribution >= 0.6 is 0 Å². The molecule has 92 valence electrons. The minimum atomic E-state index is -1.74. The van der Waals surface area contributed by atoms with Gasteiger partial charge in [-0.1, -0.05) is 34.6 Å². The molecule has 0 aliphatic carbocycles. The van der Waals surface area contributed by atoms with Gasteiger partial charge < -0.3 is 9.53 Å². The maximum atomic E-state index is 9.92. The van der Waals surface area contributed by atoms with E-state index >= 15 is 0 Å². The highest BCUT2D eigenvalue weighted by Gasteiger charge is 2.39. The van der Waals surface area contributed by atoms with E-state index in [0.717, 1.165) is 0 Å². The van der Waals surface area contributed by atoms with Gasteiger partial charge in [-0.3, -0.25) is 0 Å². The number of hydrogen-bond donors (Lipinski definition) is 1. The Kier molecular flexibility index (Phi) is 5.02. The summed E-state index contributed by atoms with van der Waals surface area (Å²) in [7, 11) is -1.74. The molecule has 0 unspecified atom stereocenters. The van der Waals surface area contributed by atoms with Gasteiger partial charge in [-0.2, -0.15) is 0 Å². The lowest BCUT2D eigenvalue weighted by Crippen LogP contribution is -2.47. The van der Waals surface area contributed by atoms with E-state index in [2.05, 4.69) is 33.9 Å². The smallest absolute Gasteiger partial charge is 0.192 e. The molecule has 2 nitrogen and oxygen atoms in total. The van der Waals surface area contributed by atoms with Crippen LogP contribution in [0, 0.1) is 5.92 Å². The van der Waals surface area contributed by atoms with Crippen LogP contribution < -0.4 is 0 Å². The van der Waals surface area contributed by atoms with Crippen LogP contribution in [0.2, 0.25) is 18.1 Å². The van der Waals surface area contributed by atoms with Gasteiger partial charge in [0.1, 0.15) is 0 Å². The molecule has 0 aromatic carbocycles. The molecule has 0 heterocycles. The molecule has 0 aromatic rings. The summed E-state index contributed by atoms with van der Waals surface area (Å²) in [6.45, 7) is 17.1. The fourth-order valence-electron chi connectivity index (χ4n) is 1.25. The van der Waals surface area contributed by atoms with Crippen molar-refractivity contribution in [1.82, 2.24) is 0 Å². The first kappa shape index (κ1) is 15.1. The van der Waals surface area contributed by atoms with Gasteiger partial charge in [-0.15, -0.1) is 0 Å². The standard InChI is InChI=1S/C12H28O2Si/c1-9(2)11(13)10(3)14-15(7,8)12(4,5)6/h9-11,13H,1-8H3/t10-,11+/m1/s1. The van der Waals surface area contributed by atoms with Crippen LogP contribution in [0.25, 0.3) is 0 Å². The maximum absolute atomic E-state index is 9.92. The van der Waals surface area contributed by atoms with E-state index in [1.807, 2.05) is 20.8 Å². The third-order valence-corrected chi connectivity index (χ3v) is 8.02. The third kappa shape index (κ3) is 4.25. The maximum Gasteiger partial charge on any atom is 0.192 e. The average Bonchev–Trinajstić information content (AvgIpc) is 1.99. The Morgan fingerprint density at radius 1 is 1.07 bits per heavy atom.